The Hall–Kier alpha value is -1.59. The van der Waals surface area contributed by atoms with Crippen molar-refractivity contribution >= 4 is 6.03 Å². The minimum absolute atomic E-state index is 0.0543. The number of nitrogens with zero attached hydrogens (tertiary/aromatic N) is 3. The molecule has 2 saturated heterocycles. The lowest BCUT2D eigenvalue weighted by atomic mass is 9.76. The smallest absolute Gasteiger partial charge is 0.317 e. The quantitative estimate of drug-likeness (QED) is 0.911. The van der Waals surface area contributed by atoms with E-state index in [4.69, 9.17) is 0 Å². The maximum absolute atomic E-state index is 12.7. The summed E-state index contributed by atoms with van der Waals surface area (Å²) in [4.78, 5) is 19.4. The van der Waals surface area contributed by atoms with E-state index >= 15 is 0 Å². The summed E-state index contributed by atoms with van der Waals surface area (Å²) in [6.07, 6.45) is 2.20. The molecule has 3 rings (SSSR count). The number of piperazine rings is 1. The second kappa shape index (κ2) is 7.75. The molecule has 1 aromatic carbocycles. The van der Waals surface area contributed by atoms with Crippen LogP contribution < -0.4 is 5.32 Å². The molecule has 0 saturated carbocycles. The number of amides is 2. The molecule has 5 nitrogen and oxygen atoms in total. The second-order valence-electron chi connectivity index (χ2n) is 8.03. The van der Waals surface area contributed by atoms with Gasteiger partial charge in [0.25, 0.3) is 0 Å². The average molecular weight is 345 g/mol. The van der Waals surface area contributed by atoms with Crippen molar-refractivity contribution in [3.05, 3.63) is 35.9 Å². The third kappa shape index (κ3) is 4.33. The number of piperidine rings is 1. The van der Waals surface area contributed by atoms with Gasteiger partial charge in [-0.25, -0.2) is 4.79 Å². The summed E-state index contributed by atoms with van der Waals surface area (Å²) in [5, 5.41) is 3.18. The molecule has 1 N–H and O–H groups in total. The van der Waals surface area contributed by atoms with Gasteiger partial charge in [0, 0.05) is 50.7 Å². The molecule has 2 aliphatic rings. The van der Waals surface area contributed by atoms with Crippen molar-refractivity contribution in [2.24, 2.45) is 0 Å². The molecule has 2 fully saturated rings. The maximum atomic E-state index is 12.7. The summed E-state index contributed by atoms with van der Waals surface area (Å²) in [6, 6.07) is 11.1. The molecule has 138 valence electrons. The Morgan fingerprint density at radius 2 is 1.96 bits per heavy atom. The summed E-state index contributed by atoms with van der Waals surface area (Å²) in [6.45, 7) is 7.83. The normalized spacial score (nSPS) is 28.8. The van der Waals surface area contributed by atoms with Crippen molar-refractivity contribution in [2.75, 3.05) is 53.4 Å². The van der Waals surface area contributed by atoms with Crippen LogP contribution in [-0.2, 0) is 5.41 Å². The monoisotopic (exact) mass is 344 g/mol. The Morgan fingerprint density at radius 3 is 2.72 bits per heavy atom. The van der Waals surface area contributed by atoms with Crippen molar-refractivity contribution in [3.8, 4) is 0 Å². The van der Waals surface area contributed by atoms with Crippen LogP contribution in [0.3, 0.4) is 0 Å². The van der Waals surface area contributed by atoms with Crippen LogP contribution in [0.5, 0.6) is 0 Å². The van der Waals surface area contributed by atoms with E-state index in [2.05, 4.69) is 66.5 Å². The fourth-order valence-electron chi connectivity index (χ4n) is 4.13. The first kappa shape index (κ1) is 18.2. The zero-order chi connectivity index (χ0) is 17.9. The number of nitrogens with one attached hydrogen (secondary N) is 1. The predicted octanol–water partition coefficient (Wildman–Crippen LogP) is 2.00. The number of hydrogen-bond acceptors (Lipinski definition) is 3. The second-order valence-corrected chi connectivity index (χ2v) is 8.03. The van der Waals surface area contributed by atoms with Gasteiger partial charge in [-0.15, -0.1) is 0 Å². The molecule has 0 spiro atoms. The van der Waals surface area contributed by atoms with E-state index in [-0.39, 0.29) is 11.4 Å². The van der Waals surface area contributed by atoms with Gasteiger partial charge in [0.2, 0.25) is 0 Å². The van der Waals surface area contributed by atoms with Crippen LogP contribution in [0.15, 0.2) is 30.3 Å². The Morgan fingerprint density at radius 1 is 1.20 bits per heavy atom. The van der Waals surface area contributed by atoms with Crippen molar-refractivity contribution in [2.45, 2.75) is 31.2 Å². The molecule has 5 heteroatoms. The lowest BCUT2D eigenvalue weighted by Crippen LogP contribution is -2.56. The molecule has 0 radical (unpaired) electrons. The van der Waals surface area contributed by atoms with Gasteiger partial charge < -0.3 is 15.1 Å². The van der Waals surface area contributed by atoms with Crippen LogP contribution in [0, 0.1) is 0 Å². The minimum Gasteiger partial charge on any atom is -0.336 e. The van der Waals surface area contributed by atoms with Crippen LogP contribution in [0.4, 0.5) is 4.79 Å². The summed E-state index contributed by atoms with van der Waals surface area (Å²) < 4.78 is 0. The zero-order valence-electron chi connectivity index (χ0n) is 15.9. The van der Waals surface area contributed by atoms with E-state index in [9.17, 15) is 4.79 Å². The number of benzene rings is 1. The molecule has 0 unspecified atom stereocenters. The van der Waals surface area contributed by atoms with Gasteiger partial charge in [-0.05, 0) is 32.5 Å². The van der Waals surface area contributed by atoms with E-state index in [1.807, 2.05) is 4.90 Å². The number of carbonyl (C=O) groups excluding carboxylic acids is 1. The average Bonchev–Trinajstić information content (AvgIpc) is 2.63. The Bertz CT molecular complexity index is 578. The Labute approximate surface area is 152 Å². The topological polar surface area (TPSA) is 38.8 Å². The molecular weight excluding hydrogens is 312 g/mol. The van der Waals surface area contributed by atoms with E-state index in [0.29, 0.717) is 6.04 Å². The maximum Gasteiger partial charge on any atom is 0.317 e. The highest BCUT2D eigenvalue weighted by atomic mass is 16.2. The summed E-state index contributed by atoms with van der Waals surface area (Å²) in [7, 11) is 4.30. The third-order valence-electron chi connectivity index (χ3n) is 5.92. The molecule has 25 heavy (non-hydrogen) atoms. The highest BCUT2D eigenvalue weighted by molar-refractivity contribution is 5.74. The van der Waals surface area contributed by atoms with Crippen LogP contribution >= 0.6 is 0 Å². The zero-order valence-corrected chi connectivity index (χ0v) is 15.9. The van der Waals surface area contributed by atoms with Crippen LogP contribution in [0.1, 0.15) is 25.3 Å². The van der Waals surface area contributed by atoms with Crippen LogP contribution in [0.25, 0.3) is 0 Å². The van der Waals surface area contributed by atoms with Crippen molar-refractivity contribution in [1.29, 1.82) is 0 Å². The molecule has 2 amide bonds. The highest BCUT2D eigenvalue weighted by Gasteiger charge is 2.34. The van der Waals surface area contributed by atoms with Gasteiger partial charge >= 0.3 is 6.03 Å². The van der Waals surface area contributed by atoms with Gasteiger partial charge in [0.15, 0.2) is 0 Å². The Kier molecular flexibility index (Phi) is 5.64. The molecule has 2 heterocycles. The van der Waals surface area contributed by atoms with Gasteiger partial charge in [0.05, 0.1) is 0 Å². The standard InChI is InChI=1S/C20H32N4O/c1-20(17-8-5-4-6-9-17)10-7-11-24(16-20)19(25)21-14-18-15-22(2)12-13-23(18)3/h4-6,8-9,18H,7,10-16H2,1-3H3,(H,21,25)/t18-,20+/m0/s1. The van der Waals surface area contributed by atoms with E-state index in [1.165, 1.54) is 5.56 Å². The fraction of sp³-hybridized carbons (Fsp3) is 0.650. The number of carbonyl (C=O) groups is 1. The van der Waals surface area contributed by atoms with Crippen LogP contribution in [-0.4, -0.2) is 80.1 Å². The lowest BCUT2D eigenvalue weighted by Gasteiger charge is -2.42. The van der Waals surface area contributed by atoms with Crippen molar-refractivity contribution < 1.29 is 4.79 Å². The Balaban J connectivity index is 1.57. The summed E-state index contributed by atoms with van der Waals surface area (Å²) >= 11 is 0. The first-order chi connectivity index (χ1) is 12.0. The number of rotatable bonds is 3. The van der Waals surface area contributed by atoms with E-state index in [0.717, 1.165) is 52.1 Å². The molecular formula is C20H32N4O. The predicted molar refractivity (Wildman–Crippen MR) is 102 cm³/mol. The summed E-state index contributed by atoms with van der Waals surface area (Å²) in [5.74, 6) is 0. The molecule has 2 atom stereocenters. The third-order valence-corrected chi connectivity index (χ3v) is 5.92. The largest absolute Gasteiger partial charge is 0.336 e. The van der Waals surface area contributed by atoms with Gasteiger partial charge in [0.1, 0.15) is 0 Å². The number of likely N-dealkylation sites (N-methyl/N-ethyl adjacent to an activating group) is 2. The molecule has 2 aliphatic heterocycles. The molecule has 1 aromatic rings. The van der Waals surface area contributed by atoms with Crippen LogP contribution in [0.2, 0.25) is 0 Å². The molecule has 0 bridgehead atoms. The lowest BCUT2D eigenvalue weighted by molar-refractivity contribution is 0.109. The van der Waals surface area contributed by atoms with E-state index in [1.54, 1.807) is 0 Å². The first-order valence-electron chi connectivity index (χ1n) is 9.45. The summed E-state index contributed by atoms with van der Waals surface area (Å²) in [5.41, 5.74) is 1.39. The van der Waals surface area contributed by atoms with Crippen molar-refractivity contribution in [1.82, 2.24) is 20.0 Å². The number of hydrogen-bond donors (Lipinski definition) is 1. The van der Waals surface area contributed by atoms with Gasteiger partial charge in [-0.2, -0.15) is 0 Å². The minimum atomic E-state index is 0.0543. The van der Waals surface area contributed by atoms with Crippen molar-refractivity contribution in [3.63, 3.8) is 0 Å². The van der Waals surface area contributed by atoms with E-state index < -0.39 is 0 Å². The number of likely N-dealkylation sites (tertiary alicyclic amines) is 1. The first-order valence-corrected chi connectivity index (χ1v) is 9.45. The van der Waals surface area contributed by atoms with Gasteiger partial charge in [-0.1, -0.05) is 37.3 Å². The SMILES string of the molecule is CN1CCN(C)[C@@H](CNC(=O)N2CCC[C@@](C)(c3ccccc3)C2)C1. The fourth-order valence-corrected chi connectivity index (χ4v) is 4.13. The molecule has 0 aromatic heterocycles. The van der Waals surface area contributed by atoms with Gasteiger partial charge in [-0.3, -0.25) is 4.90 Å². The number of urea groups is 1. The molecule has 0 aliphatic carbocycles. The highest BCUT2D eigenvalue weighted by Crippen LogP contribution is 2.33.